The summed E-state index contributed by atoms with van der Waals surface area (Å²) in [5.41, 5.74) is 19.6. The molecule has 0 radical (unpaired) electrons. The number of rotatable bonds is 2. The van der Waals surface area contributed by atoms with E-state index < -0.39 is 0 Å². The van der Waals surface area contributed by atoms with E-state index in [1.165, 1.54) is 120 Å². The van der Waals surface area contributed by atoms with Crippen LogP contribution in [0.4, 0.5) is 27.8 Å². The first-order chi connectivity index (χ1) is 28.6. The average molecular weight is 841 g/mol. The third-order valence-corrected chi connectivity index (χ3v) is 18.0. The molecular formula is C56H62BClN2S. The summed E-state index contributed by atoms with van der Waals surface area (Å²) in [6.45, 7) is 29.4. The number of halogens is 1. The Hall–Kier alpha value is -3.99. The Balaban J connectivity index is 1.31. The van der Waals surface area contributed by atoms with Gasteiger partial charge in [-0.05, 0) is 146 Å². The summed E-state index contributed by atoms with van der Waals surface area (Å²) in [6.07, 6.45) is 7.26. The number of fused-ring (bicyclic) bond motifs is 10. The molecule has 5 heteroatoms. The highest BCUT2D eigenvalue weighted by molar-refractivity contribution is 7.26. The predicted octanol–water partition coefficient (Wildman–Crippen LogP) is 14.5. The molecule has 5 aromatic carbocycles. The zero-order valence-corrected chi connectivity index (χ0v) is 40.2. The van der Waals surface area contributed by atoms with Crippen molar-refractivity contribution in [2.75, 3.05) is 9.80 Å². The van der Waals surface area contributed by atoms with Gasteiger partial charge in [0, 0.05) is 37.8 Å². The average Bonchev–Trinajstić information content (AvgIpc) is 3.67. The van der Waals surface area contributed by atoms with Gasteiger partial charge in [0.1, 0.15) is 0 Å². The first-order valence-electron chi connectivity index (χ1n) is 23.1. The van der Waals surface area contributed by atoms with E-state index in [1.54, 1.807) is 5.56 Å². The molecule has 3 aliphatic heterocycles. The molecule has 11 rings (SSSR count). The number of anilines is 5. The van der Waals surface area contributed by atoms with E-state index in [0.717, 1.165) is 11.4 Å². The Morgan fingerprint density at radius 2 is 1.28 bits per heavy atom. The van der Waals surface area contributed by atoms with Crippen LogP contribution in [0.25, 0.3) is 21.2 Å². The van der Waals surface area contributed by atoms with Crippen LogP contribution < -0.4 is 26.2 Å². The summed E-state index contributed by atoms with van der Waals surface area (Å²) in [5, 5.41) is 3.56. The van der Waals surface area contributed by atoms with E-state index in [4.69, 9.17) is 11.6 Å². The van der Waals surface area contributed by atoms with Gasteiger partial charge in [-0.3, -0.25) is 0 Å². The Bertz CT molecular complexity index is 2850. The lowest BCUT2D eigenvalue weighted by molar-refractivity contribution is 0.195. The SMILES string of the molecule is CC(C)(C)c1ccc(N2c3cc(Cl)cc4c3B(c3cc(C(C)(C)C)cc5c3N4C3(C)CCCCC53C)c3c2sc2cc4c(cc32)C(C)(C)CCC4(C)C)c(-c2ccccc2)c1. The van der Waals surface area contributed by atoms with Crippen LogP contribution in [0.1, 0.15) is 149 Å². The van der Waals surface area contributed by atoms with Gasteiger partial charge < -0.3 is 9.80 Å². The molecule has 1 aromatic heterocycles. The van der Waals surface area contributed by atoms with Crippen LogP contribution in [-0.2, 0) is 27.1 Å². The molecule has 0 amide bonds. The summed E-state index contributed by atoms with van der Waals surface area (Å²) < 4.78 is 1.39. The zero-order valence-electron chi connectivity index (χ0n) is 38.6. The third kappa shape index (κ3) is 5.40. The molecule has 0 bridgehead atoms. The molecule has 0 saturated heterocycles. The third-order valence-electron chi connectivity index (χ3n) is 16.6. The first kappa shape index (κ1) is 39.8. The molecule has 2 nitrogen and oxygen atoms in total. The highest BCUT2D eigenvalue weighted by Crippen LogP contribution is 2.63. The van der Waals surface area contributed by atoms with Gasteiger partial charge in [0.25, 0.3) is 6.71 Å². The van der Waals surface area contributed by atoms with E-state index in [-0.39, 0.29) is 39.3 Å². The van der Waals surface area contributed by atoms with E-state index in [0.29, 0.717) is 0 Å². The molecule has 0 spiro atoms. The highest BCUT2D eigenvalue weighted by atomic mass is 35.5. The Kier molecular flexibility index (Phi) is 8.23. The fourth-order valence-corrected chi connectivity index (χ4v) is 14.1. The molecule has 2 aliphatic carbocycles. The van der Waals surface area contributed by atoms with Crippen molar-refractivity contribution in [3.05, 3.63) is 118 Å². The topological polar surface area (TPSA) is 6.48 Å². The molecule has 2 atom stereocenters. The standard InChI is InChI=1S/C56H62BClN2S/c1-51(2,3)34-20-21-43(37(26-34)33-18-14-13-15-19-33)59-44-29-36(58)30-45-48(44)57(47-38-31-39-40(32-46(38)61-50(47)59)54(9,10)25-24-53(39,7)8)42-28-35(52(4,5)6)27-41-49(42)60(45)56(12)23-17-16-22-55(41,56)11/h13-15,18-21,26-32H,16-17,22-25H2,1-12H3. The minimum absolute atomic E-state index is 0.00219. The lowest BCUT2D eigenvalue weighted by Gasteiger charge is -2.52. The van der Waals surface area contributed by atoms with Gasteiger partial charge in [-0.2, -0.15) is 0 Å². The summed E-state index contributed by atoms with van der Waals surface area (Å²) in [6, 6.07) is 33.6. The van der Waals surface area contributed by atoms with Crippen molar-refractivity contribution in [1.29, 1.82) is 0 Å². The molecule has 4 heterocycles. The van der Waals surface area contributed by atoms with Crippen molar-refractivity contribution in [3.8, 4) is 11.1 Å². The van der Waals surface area contributed by atoms with Gasteiger partial charge in [0.15, 0.2) is 0 Å². The van der Waals surface area contributed by atoms with Crippen LogP contribution >= 0.6 is 22.9 Å². The van der Waals surface area contributed by atoms with Crippen LogP contribution in [0.3, 0.4) is 0 Å². The van der Waals surface area contributed by atoms with Crippen molar-refractivity contribution < 1.29 is 0 Å². The minimum Gasteiger partial charge on any atom is -0.335 e. The quantitative estimate of drug-likeness (QED) is 0.160. The maximum absolute atomic E-state index is 7.54. The minimum atomic E-state index is -0.0810. The van der Waals surface area contributed by atoms with Gasteiger partial charge in [-0.15, -0.1) is 11.3 Å². The van der Waals surface area contributed by atoms with Gasteiger partial charge in [-0.25, -0.2) is 0 Å². The van der Waals surface area contributed by atoms with Crippen molar-refractivity contribution in [2.24, 2.45) is 0 Å². The summed E-state index contributed by atoms with van der Waals surface area (Å²) in [4.78, 5) is 5.49. The van der Waals surface area contributed by atoms with Gasteiger partial charge >= 0.3 is 0 Å². The molecule has 1 saturated carbocycles. The van der Waals surface area contributed by atoms with Gasteiger partial charge in [-0.1, -0.05) is 149 Å². The molecule has 61 heavy (non-hydrogen) atoms. The smallest absolute Gasteiger partial charge is 0.254 e. The molecular weight excluding hydrogens is 779 g/mol. The van der Waals surface area contributed by atoms with Gasteiger partial charge in [0.05, 0.1) is 16.2 Å². The van der Waals surface area contributed by atoms with Crippen molar-refractivity contribution >= 4 is 83.9 Å². The molecule has 6 aromatic rings. The number of hydrogen-bond donors (Lipinski definition) is 0. The lowest BCUT2D eigenvalue weighted by Crippen LogP contribution is -2.64. The van der Waals surface area contributed by atoms with E-state index in [1.807, 2.05) is 11.3 Å². The van der Waals surface area contributed by atoms with Crippen LogP contribution in [0.2, 0.25) is 5.02 Å². The molecule has 1 fully saturated rings. The predicted molar refractivity (Wildman–Crippen MR) is 267 cm³/mol. The van der Waals surface area contributed by atoms with Crippen molar-refractivity contribution in [3.63, 3.8) is 0 Å². The summed E-state index contributed by atoms with van der Waals surface area (Å²) in [7, 11) is 0. The number of benzene rings is 5. The number of nitrogens with zero attached hydrogens (tertiary/aromatic N) is 2. The van der Waals surface area contributed by atoms with Crippen molar-refractivity contribution in [1.82, 2.24) is 0 Å². The van der Waals surface area contributed by atoms with Crippen molar-refractivity contribution in [2.45, 2.75) is 154 Å². The fraction of sp³-hybridized carbons (Fsp3) is 0.429. The maximum atomic E-state index is 7.54. The van der Waals surface area contributed by atoms with E-state index in [9.17, 15) is 0 Å². The lowest BCUT2D eigenvalue weighted by atomic mass is 9.33. The molecule has 0 N–H and O–H groups in total. The van der Waals surface area contributed by atoms with Crippen LogP contribution in [-0.4, -0.2) is 12.3 Å². The molecule has 312 valence electrons. The van der Waals surface area contributed by atoms with E-state index in [2.05, 4.69) is 178 Å². The second-order valence-corrected chi connectivity index (χ2v) is 24.8. The Morgan fingerprint density at radius 3 is 1.97 bits per heavy atom. The second-order valence-electron chi connectivity index (χ2n) is 23.3. The first-order valence-corrected chi connectivity index (χ1v) is 24.3. The number of hydrogen-bond acceptors (Lipinski definition) is 3. The molecule has 5 aliphatic rings. The normalized spacial score (nSPS) is 23.1. The summed E-state index contributed by atoms with van der Waals surface area (Å²) in [5.74, 6) is 0. The van der Waals surface area contributed by atoms with E-state index >= 15 is 0 Å². The zero-order chi connectivity index (χ0) is 43.0. The Labute approximate surface area is 374 Å². The summed E-state index contributed by atoms with van der Waals surface area (Å²) >= 11 is 9.54. The largest absolute Gasteiger partial charge is 0.335 e. The maximum Gasteiger partial charge on any atom is 0.254 e. The highest BCUT2D eigenvalue weighted by Gasteiger charge is 2.62. The fourth-order valence-electron chi connectivity index (χ4n) is 12.6. The monoisotopic (exact) mass is 840 g/mol. The number of thiophene rings is 1. The van der Waals surface area contributed by atoms with Crippen LogP contribution in [0.5, 0.6) is 0 Å². The van der Waals surface area contributed by atoms with Gasteiger partial charge in [0.2, 0.25) is 0 Å². The molecule has 2 unspecified atom stereocenters. The van der Waals surface area contributed by atoms with Crippen LogP contribution in [0.15, 0.2) is 84.9 Å². The second kappa shape index (κ2) is 12.6. The Morgan fingerprint density at radius 1 is 0.623 bits per heavy atom. The van der Waals surface area contributed by atoms with Crippen LogP contribution in [0, 0.1) is 0 Å².